The summed E-state index contributed by atoms with van der Waals surface area (Å²) in [5.74, 6) is 2.55. The summed E-state index contributed by atoms with van der Waals surface area (Å²) >= 11 is 0. The summed E-state index contributed by atoms with van der Waals surface area (Å²) in [5, 5.41) is 14.9. The minimum atomic E-state index is -0.422. The number of fused-ring (bicyclic) bond motifs is 3. The molecule has 0 aliphatic rings. The number of benzene rings is 1. The standard InChI is InChI=1S/C28H42N6O4.H2S/c1-18(2)16-25(36)31-26(19(3)4)24(35)10-8-7-9-13-29-27-28-33-32-20(5)34(28)23-12-11-21(17-22(23)30-27)38-15-14-37-6;/h11-12,17-19,26H,7-10,13-16H2,1-6H3,(H,29,30)(H,31,36);1H2/t26-;/m0./s1. The maximum Gasteiger partial charge on any atom is 0.220 e. The van der Waals surface area contributed by atoms with E-state index in [0.29, 0.717) is 44.1 Å². The highest BCUT2D eigenvalue weighted by molar-refractivity contribution is 7.59. The van der Waals surface area contributed by atoms with E-state index in [0.717, 1.165) is 41.9 Å². The second-order valence-electron chi connectivity index (χ2n) is 10.4. The molecule has 3 rings (SSSR count). The molecule has 1 amide bonds. The first-order valence-corrected chi connectivity index (χ1v) is 13.5. The molecule has 0 saturated carbocycles. The van der Waals surface area contributed by atoms with E-state index in [1.807, 2.05) is 57.2 Å². The molecule has 2 N–H and O–H groups in total. The Morgan fingerprint density at radius 2 is 1.82 bits per heavy atom. The van der Waals surface area contributed by atoms with Crippen LogP contribution in [0.5, 0.6) is 5.75 Å². The number of Topliss-reactive ketones (excluding diaryl/α,β-unsaturated/α-hetero) is 1. The molecule has 0 bridgehead atoms. The first-order valence-electron chi connectivity index (χ1n) is 13.5. The van der Waals surface area contributed by atoms with Gasteiger partial charge in [-0.1, -0.05) is 34.1 Å². The van der Waals surface area contributed by atoms with Gasteiger partial charge in [-0.25, -0.2) is 4.98 Å². The molecule has 0 radical (unpaired) electrons. The highest BCUT2D eigenvalue weighted by atomic mass is 32.1. The number of aromatic nitrogens is 4. The number of unbranched alkanes of at least 4 members (excludes halogenated alkanes) is 2. The van der Waals surface area contributed by atoms with E-state index in [4.69, 9.17) is 14.5 Å². The number of nitrogens with one attached hydrogen (secondary N) is 2. The van der Waals surface area contributed by atoms with Crippen LogP contribution in [0.1, 0.15) is 65.6 Å². The van der Waals surface area contributed by atoms with Crippen LogP contribution in [0.3, 0.4) is 0 Å². The predicted octanol–water partition coefficient (Wildman–Crippen LogP) is 4.45. The number of hydrogen-bond acceptors (Lipinski definition) is 8. The van der Waals surface area contributed by atoms with Crippen LogP contribution < -0.4 is 15.4 Å². The highest BCUT2D eigenvalue weighted by Crippen LogP contribution is 2.25. The van der Waals surface area contributed by atoms with Crippen molar-refractivity contribution in [3.8, 4) is 5.75 Å². The van der Waals surface area contributed by atoms with E-state index in [1.165, 1.54) is 0 Å². The fraction of sp³-hybridized carbons (Fsp3) is 0.607. The summed E-state index contributed by atoms with van der Waals surface area (Å²) in [6.07, 6.45) is 3.43. The summed E-state index contributed by atoms with van der Waals surface area (Å²) in [4.78, 5) is 29.7. The van der Waals surface area contributed by atoms with Crippen molar-refractivity contribution in [1.29, 1.82) is 0 Å². The van der Waals surface area contributed by atoms with Crippen molar-refractivity contribution < 1.29 is 19.1 Å². The molecule has 1 aromatic carbocycles. The molecule has 0 aliphatic carbocycles. The molecule has 0 spiro atoms. The third-order valence-corrected chi connectivity index (χ3v) is 6.33. The Bertz CT molecular complexity index is 1230. The number of ether oxygens (including phenoxy) is 2. The van der Waals surface area contributed by atoms with Gasteiger partial charge >= 0.3 is 0 Å². The van der Waals surface area contributed by atoms with Crippen LogP contribution >= 0.6 is 13.5 Å². The number of nitrogens with zero attached hydrogens (tertiary/aromatic N) is 4. The van der Waals surface area contributed by atoms with Crippen LogP contribution in [0, 0.1) is 18.8 Å². The SMILES string of the molecule is COCCOc1ccc2c(c1)nc(NCCCCCC(=O)[C@@H](NC(=O)CC(C)C)C(C)C)c1nnc(C)n12.S. The molecule has 2 aromatic heterocycles. The van der Waals surface area contributed by atoms with E-state index in [2.05, 4.69) is 20.8 Å². The number of rotatable bonds is 16. The first kappa shape index (κ1) is 32.3. The lowest BCUT2D eigenvalue weighted by molar-refractivity contribution is -0.129. The quantitative estimate of drug-likeness (QED) is 0.247. The number of aryl methyl sites for hydroxylation is 1. The average Bonchev–Trinajstić information content (AvgIpc) is 3.25. The van der Waals surface area contributed by atoms with Crippen molar-refractivity contribution in [2.24, 2.45) is 11.8 Å². The summed E-state index contributed by atoms with van der Waals surface area (Å²) in [6, 6.07) is 5.36. The largest absolute Gasteiger partial charge is 0.491 e. The Kier molecular flexibility index (Phi) is 12.9. The van der Waals surface area contributed by atoms with Crippen molar-refractivity contribution in [3.63, 3.8) is 0 Å². The van der Waals surface area contributed by atoms with Gasteiger partial charge in [-0.3, -0.25) is 14.0 Å². The lowest BCUT2D eigenvalue weighted by Crippen LogP contribution is -2.44. The average molecular weight is 561 g/mol. The van der Waals surface area contributed by atoms with Crippen LogP contribution in [0.15, 0.2) is 18.2 Å². The smallest absolute Gasteiger partial charge is 0.220 e. The number of amides is 1. The maximum atomic E-state index is 12.8. The third-order valence-electron chi connectivity index (χ3n) is 6.33. The van der Waals surface area contributed by atoms with Crippen LogP contribution in [0.25, 0.3) is 16.7 Å². The molecule has 11 heteroatoms. The molecule has 39 heavy (non-hydrogen) atoms. The van der Waals surface area contributed by atoms with E-state index in [9.17, 15) is 9.59 Å². The fourth-order valence-electron chi connectivity index (χ4n) is 4.39. The van der Waals surface area contributed by atoms with Gasteiger partial charge in [0.15, 0.2) is 11.6 Å². The minimum Gasteiger partial charge on any atom is -0.491 e. The van der Waals surface area contributed by atoms with Gasteiger partial charge < -0.3 is 20.1 Å². The van der Waals surface area contributed by atoms with Crippen LogP contribution in [-0.4, -0.2) is 64.2 Å². The normalized spacial score (nSPS) is 12.1. The number of hydrogen-bond donors (Lipinski definition) is 2. The predicted molar refractivity (Wildman–Crippen MR) is 159 cm³/mol. The molecule has 3 aromatic rings. The van der Waals surface area contributed by atoms with Gasteiger partial charge in [0.05, 0.1) is 23.7 Å². The Balaban J connectivity index is 0.00000533. The van der Waals surface area contributed by atoms with Crippen LogP contribution in [0.4, 0.5) is 5.82 Å². The highest BCUT2D eigenvalue weighted by Gasteiger charge is 2.23. The minimum absolute atomic E-state index is 0. The van der Waals surface area contributed by atoms with Crippen molar-refractivity contribution >= 4 is 47.7 Å². The van der Waals surface area contributed by atoms with Gasteiger partial charge in [-0.2, -0.15) is 13.5 Å². The number of carbonyl (C=O) groups excluding carboxylic acids is 2. The zero-order valence-electron chi connectivity index (χ0n) is 24.0. The summed E-state index contributed by atoms with van der Waals surface area (Å²) in [7, 11) is 1.64. The molecule has 216 valence electrons. The van der Waals surface area contributed by atoms with Gasteiger partial charge in [-0.15, -0.1) is 10.2 Å². The Morgan fingerprint density at radius 3 is 2.51 bits per heavy atom. The van der Waals surface area contributed by atoms with Crippen LogP contribution in [0.2, 0.25) is 0 Å². The number of methoxy groups -OCH3 is 1. The van der Waals surface area contributed by atoms with Gasteiger partial charge in [0.25, 0.3) is 0 Å². The van der Waals surface area contributed by atoms with Crippen molar-refractivity contribution in [2.75, 3.05) is 32.2 Å². The Labute approximate surface area is 238 Å². The van der Waals surface area contributed by atoms with Crippen LogP contribution in [-0.2, 0) is 14.3 Å². The lowest BCUT2D eigenvalue weighted by atomic mass is 9.95. The molecular weight excluding hydrogens is 516 g/mol. The second-order valence-corrected chi connectivity index (χ2v) is 10.4. The molecule has 0 unspecified atom stereocenters. The van der Waals surface area contributed by atoms with E-state index >= 15 is 0 Å². The first-order chi connectivity index (χ1) is 18.2. The zero-order chi connectivity index (χ0) is 27.7. The van der Waals surface area contributed by atoms with Crippen molar-refractivity contribution in [1.82, 2.24) is 24.9 Å². The topological polar surface area (TPSA) is 120 Å². The van der Waals surface area contributed by atoms with E-state index in [1.54, 1.807) is 7.11 Å². The Hall–Kier alpha value is -2.92. The summed E-state index contributed by atoms with van der Waals surface area (Å²) in [6.45, 7) is 11.5. The molecular formula is C28H44N6O4S. The molecule has 0 fully saturated rings. The lowest BCUT2D eigenvalue weighted by Gasteiger charge is -2.21. The third kappa shape index (κ3) is 9.06. The second kappa shape index (κ2) is 15.6. The van der Waals surface area contributed by atoms with Gasteiger partial charge in [0, 0.05) is 32.6 Å². The summed E-state index contributed by atoms with van der Waals surface area (Å²) < 4.78 is 12.8. The Morgan fingerprint density at radius 1 is 1.05 bits per heavy atom. The van der Waals surface area contributed by atoms with Crippen molar-refractivity contribution in [3.05, 3.63) is 24.0 Å². The van der Waals surface area contributed by atoms with Gasteiger partial charge in [0.2, 0.25) is 11.6 Å². The monoisotopic (exact) mass is 560 g/mol. The van der Waals surface area contributed by atoms with Crippen molar-refractivity contribution in [2.45, 2.75) is 72.8 Å². The fourth-order valence-corrected chi connectivity index (χ4v) is 4.39. The summed E-state index contributed by atoms with van der Waals surface area (Å²) in [5.41, 5.74) is 2.36. The molecule has 2 heterocycles. The number of carbonyl (C=O) groups is 2. The zero-order valence-corrected chi connectivity index (χ0v) is 25.0. The van der Waals surface area contributed by atoms with Gasteiger partial charge in [0.1, 0.15) is 18.2 Å². The van der Waals surface area contributed by atoms with Gasteiger partial charge in [-0.05, 0) is 43.7 Å². The number of ketones is 1. The number of anilines is 1. The molecule has 1 atom stereocenters. The van der Waals surface area contributed by atoms with E-state index < -0.39 is 6.04 Å². The maximum absolute atomic E-state index is 12.8. The molecule has 0 saturated heterocycles. The molecule has 0 aliphatic heterocycles. The molecule has 10 nitrogen and oxygen atoms in total. The van der Waals surface area contributed by atoms with E-state index in [-0.39, 0.29) is 37.0 Å².